The Morgan fingerprint density at radius 2 is 2.09 bits per heavy atom. The fourth-order valence-corrected chi connectivity index (χ4v) is 3.14. The van der Waals surface area contributed by atoms with Gasteiger partial charge in [-0.3, -0.25) is 14.9 Å². The van der Waals surface area contributed by atoms with E-state index in [1.165, 1.54) is 31.4 Å². The number of nitro groups is 1. The summed E-state index contributed by atoms with van der Waals surface area (Å²) in [7, 11) is 0. The van der Waals surface area contributed by atoms with Gasteiger partial charge < -0.3 is 9.64 Å². The molecule has 6 nitrogen and oxygen atoms in total. The maximum Gasteiger partial charge on any atom is 0.269 e. The molecule has 1 aromatic carbocycles. The van der Waals surface area contributed by atoms with Crippen molar-refractivity contribution in [3.63, 3.8) is 0 Å². The van der Waals surface area contributed by atoms with Gasteiger partial charge in [0.05, 0.1) is 4.92 Å². The third-order valence-electron chi connectivity index (χ3n) is 4.41. The Kier molecular flexibility index (Phi) is 4.38. The first-order valence-corrected chi connectivity index (χ1v) is 7.82. The van der Waals surface area contributed by atoms with Crippen LogP contribution in [0, 0.1) is 10.1 Å². The minimum absolute atomic E-state index is 0.0452. The maximum absolute atomic E-state index is 12.3. The van der Waals surface area contributed by atoms with Gasteiger partial charge in [-0.2, -0.15) is 0 Å². The molecule has 3 rings (SSSR count). The minimum atomic E-state index is -0.484. The van der Waals surface area contributed by atoms with Crippen molar-refractivity contribution in [3.8, 4) is 5.75 Å². The molecule has 1 unspecified atom stereocenters. The number of Topliss-reactive ketones (excluding diaryl/α,β-unsaturated/α-hetero) is 1. The molecule has 1 saturated heterocycles. The van der Waals surface area contributed by atoms with E-state index in [9.17, 15) is 14.9 Å². The van der Waals surface area contributed by atoms with Crippen LogP contribution >= 0.6 is 0 Å². The van der Waals surface area contributed by atoms with E-state index >= 15 is 0 Å². The summed E-state index contributed by atoms with van der Waals surface area (Å²) in [5, 5.41) is 10.8. The molecule has 0 spiro atoms. The molecule has 0 saturated carbocycles. The van der Waals surface area contributed by atoms with Gasteiger partial charge in [0.1, 0.15) is 5.75 Å². The number of benzene rings is 1. The first-order valence-electron chi connectivity index (χ1n) is 7.82. The third kappa shape index (κ3) is 3.27. The minimum Gasteiger partial charge on any atom is -0.482 e. The number of ketones is 1. The van der Waals surface area contributed by atoms with Crippen LogP contribution in [0.3, 0.4) is 0 Å². The molecule has 118 valence electrons. The highest BCUT2D eigenvalue weighted by atomic mass is 16.6. The third-order valence-corrected chi connectivity index (χ3v) is 4.41. The molecule has 0 amide bonds. The van der Waals surface area contributed by atoms with Crippen LogP contribution in [0.1, 0.15) is 31.2 Å². The molecule has 2 aliphatic rings. The monoisotopic (exact) mass is 304 g/mol. The largest absolute Gasteiger partial charge is 0.482 e. The van der Waals surface area contributed by atoms with Gasteiger partial charge in [0.25, 0.3) is 5.69 Å². The van der Waals surface area contributed by atoms with Crippen LogP contribution in [0.5, 0.6) is 5.75 Å². The van der Waals surface area contributed by atoms with Crippen molar-refractivity contribution in [1.82, 2.24) is 4.90 Å². The average Bonchev–Trinajstić information content (AvgIpc) is 2.96. The number of piperidine rings is 1. The molecule has 22 heavy (non-hydrogen) atoms. The summed E-state index contributed by atoms with van der Waals surface area (Å²) in [4.78, 5) is 25.0. The lowest BCUT2D eigenvalue weighted by Crippen LogP contribution is -2.34. The lowest BCUT2D eigenvalue weighted by atomic mass is 10.0. The van der Waals surface area contributed by atoms with Crippen LogP contribution < -0.4 is 4.74 Å². The molecule has 0 aromatic heterocycles. The molecule has 2 heterocycles. The predicted octanol–water partition coefficient (Wildman–Crippen LogP) is 2.34. The number of carbonyl (C=O) groups is 1. The van der Waals surface area contributed by atoms with E-state index in [-0.39, 0.29) is 11.5 Å². The topological polar surface area (TPSA) is 72.7 Å². The molecule has 2 aliphatic heterocycles. The number of hydrogen-bond acceptors (Lipinski definition) is 5. The Bertz CT molecular complexity index is 582. The zero-order valence-electron chi connectivity index (χ0n) is 12.5. The number of carbonyl (C=O) groups excluding carboxylic acids is 1. The van der Waals surface area contributed by atoms with Crippen molar-refractivity contribution in [2.75, 3.05) is 19.6 Å². The summed E-state index contributed by atoms with van der Waals surface area (Å²) in [6.07, 6.45) is 4.15. The summed E-state index contributed by atoms with van der Waals surface area (Å²) in [6.45, 7) is 2.94. The summed E-state index contributed by atoms with van der Waals surface area (Å²) in [6, 6.07) is 4.51. The lowest BCUT2D eigenvalue weighted by Gasteiger charge is -2.26. The number of non-ortho nitro benzene ring substituents is 1. The van der Waals surface area contributed by atoms with E-state index < -0.39 is 11.0 Å². The summed E-state index contributed by atoms with van der Waals surface area (Å²) in [5.41, 5.74) is 0.800. The lowest BCUT2D eigenvalue weighted by molar-refractivity contribution is -0.384. The van der Waals surface area contributed by atoms with E-state index in [0.29, 0.717) is 18.6 Å². The van der Waals surface area contributed by atoms with Gasteiger partial charge in [0.2, 0.25) is 0 Å². The van der Waals surface area contributed by atoms with E-state index in [2.05, 4.69) is 4.90 Å². The molecule has 1 aromatic rings. The Balaban J connectivity index is 1.55. The number of nitro benzene ring substituents is 1. The predicted molar refractivity (Wildman–Crippen MR) is 81.1 cm³/mol. The molecule has 1 fully saturated rings. The van der Waals surface area contributed by atoms with Crippen LogP contribution in [0.2, 0.25) is 0 Å². The molecule has 6 heteroatoms. The quantitative estimate of drug-likeness (QED) is 0.616. The molecular weight excluding hydrogens is 284 g/mol. The second kappa shape index (κ2) is 6.44. The van der Waals surface area contributed by atoms with E-state index in [1.807, 2.05) is 0 Å². The number of nitrogens with zero attached hydrogens (tertiary/aromatic N) is 2. The standard InChI is InChI=1S/C16H20N2O4/c19-14(6-9-17-7-2-1-3-8-17)16-11-12-10-13(18(20)21)4-5-15(12)22-16/h4-5,10,16H,1-3,6-9,11H2. The molecule has 0 bridgehead atoms. The first kappa shape index (κ1) is 15.0. The first-order chi connectivity index (χ1) is 10.6. The highest BCUT2D eigenvalue weighted by molar-refractivity contribution is 5.84. The van der Waals surface area contributed by atoms with Crippen LogP contribution in [-0.2, 0) is 11.2 Å². The number of hydrogen-bond donors (Lipinski definition) is 0. The SMILES string of the molecule is O=C(CCN1CCCCC1)C1Cc2cc([N+](=O)[O-])ccc2O1. The van der Waals surface area contributed by atoms with Crippen LogP contribution in [-0.4, -0.2) is 41.3 Å². The summed E-state index contributed by atoms with van der Waals surface area (Å²) < 4.78 is 5.65. The molecule has 0 N–H and O–H groups in total. The smallest absolute Gasteiger partial charge is 0.269 e. The van der Waals surface area contributed by atoms with Gasteiger partial charge in [-0.1, -0.05) is 6.42 Å². The van der Waals surface area contributed by atoms with Crippen LogP contribution in [0.25, 0.3) is 0 Å². The summed E-state index contributed by atoms with van der Waals surface area (Å²) in [5.74, 6) is 0.686. The van der Waals surface area contributed by atoms with Crippen LogP contribution in [0.4, 0.5) is 5.69 Å². The van der Waals surface area contributed by atoms with Gasteiger partial charge in [-0.25, -0.2) is 0 Å². The zero-order chi connectivity index (χ0) is 15.5. The van der Waals surface area contributed by atoms with Crippen molar-refractivity contribution in [2.24, 2.45) is 0 Å². The molecule has 0 radical (unpaired) electrons. The van der Waals surface area contributed by atoms with E-state index in [4.69, 9.17) is 4.74 Å². The van der Waals surface area contributed by atoms with Crippen molar-refractivity contribution in [2.45, 2.75) is 38.2 Å². The van der Waals surface area contributed by atoms with Crippen molar-refractivity contribution in [1.29, 1.82) is 0 Å². The molecule has 0 aliphatic carbocycles. The van der Waals surface area contributed by atoms with E-state index in [1.54, 1.807) is 6.07 Å². The van der Waals surface area contributed by atoms with Gasteiger partial charge in [-0.05, 0) is 32.0 Å². The van der Waals surface area contributed by atoms with Crippen molar-refractivity contribution in [3.05, 3.63) is 33.9 Å². The van der Waals surface area contributed by atoms with Gasteiger partial charge in [0, 0.05) is 37.1 Å². The Morgan fingerprint density at radius 1 is 1.32 bits per heavy atom. The fourth-order valence-electron chi connectivity index (χ4n) is 3.14. The van der Waals surface area contributed by atoms with E-state index in [0.717, 1.165) is 25.2 Å². The highest BCUT2D eigenvalue weighted by Crippen LogP contribution is 2.32. The number of rotatable bonds is 5. The van der Waals surface area contributed by atoms with Crippen molar-refractivity contribution >= 4 is 11.5 Å². The fraction of sp³-hybridized carbons (Fsp3) is 0.562. The van der Waals surface area contributed by atoms with Gasteiger partial charge in [-0.15, -0.1) is 0 Å². The Hall–Kier alpha value is -1.95. The Morgan fingerprint density at radius 3 is 2.82 bits per heavy atom. The molecular formula is C16H20N2O4. The average molecular weight is 304 g/mol. The maximum atomic E-state index is 12.3. The zero-order valence-corrected chi connectivity index (χ0v) is 12.5. The molecule has 1 atom stereocenters. The second-order valence-electron chi connectivity index (χ2n) is 5.98. The summed E-state index contributed by atoms with van der Waals surface area (Å²) >= 11 is 0. The Labute approximate surface area is 129 Å². The van der Waals surface area contributed by atoms with Gasteiger partial charge >= 0.3 is 0 Å². The number of fused-ring (bicyclic) bond motifs is 1. The van der Waals surface area contributed by atoms with Crippen LogP contribution in [0.15, 0.2) is 18.2 Å². The second-order valence-corrected chi connectivity index (χ2v) is 5.98. The normalized spacial score (nSPS) is 21.2. The number of ether oxygens (including phenoxy) is 1. The van der Waals surface area contributed by atoms with Gasteiger partial charge in [0.15, 0.2) is 11.9 Å². The highest BCUT2D eigenvalue weighted by Gasteiger charge is 2.30. The number of likely N-dealkylation sites (tertiary alicyclic amines) is 1. The van der Waals surface area contributed by atoms with Crippen molar-refractivity contribution < 1.29 is 14.5 Å².